The first kappa shape index (κ1) is 16.1. The summed E-state index contributed by atoms with van der Waals surface area (Å²) in [5.41, 5.74) is 0.879. The van der Waals surface area contributed by atoms with Gasteiger partial charge in [0.05, 0.1) is 23.2 Å². The number of aryl methyl sites for hydroxylation is 2. The first-order valence-corrected chi connectivity index (χ1v) is 8.86. The molecule has 0 saturated carbocycles. The second-order valence-electron chi connectivity index (χ2n) is 5.92. The fourth-order valence-corrected chi connectivity index (χ4v) is 3.74. The second kappa shape index (κ2) is 6.80. The molecule has 0 radical (unpaired) electrons. The molecular weight excluding hydrogens is 310 g/mol. The Morgan fingerprint density at radius 1 is 1.43 bits per heavy atom. The highest BCUT2D eigenvalue weighted by Crippen LogP contribution is 2.24. The molecule has 7 heteroatoms. The van der Waals surface area contributed by atoms with Crippen LogP contribution in [-0.2, 0) is 18.3 Å². The standard InChI is InChI=1S/C16H23N5OS/c1-4-20-7-8-21(10-14(20)16-17-5-6-19(16)3)15(22)9-13-11-23-12(2)18-13/h5-6,11,14H,4,7-10H2,1-3H3. The van der Waals surface area contributed by atoms with Gasteiger partial charge >= 0.3 is 0 Å². The Labute approximate surface area is 140 Å². The summed E-state index contributed by atoms with van der Waals surface area (Å²) in [6.45, 7) is 7.44. The van der Waals surface area contributed by atoms with Crippen molar-refractivity contribution in [3.8, 4) is 0 Å². The lowest BCUT2D eigenvalue weighted by atomic mass is 10.1. The van der Waals surface area contributed by atoms with E-state index in [2.05, 4.69) is 21.8 Å². The van der Waals surface area contributed by atoms with Gasteiger partial charge in [-0.3, -0.25) is 9.69 Å². The molecule has 6 nitrogen and oxygen atoms in total. The lowest BCUT2D eigenvalue weighted by Crippen LogP contribution is -2.51. The summed E-state index contributed by atoms with van der Waals surface area (Å²) in [6, 6.07) is 0.162. The summed E-state index contributed by atoms with van der Waals surface area (Å²) in [4.78, 5) is 25.9. The third-order valence-corrected chi connectivity index (χ3v) is 5.23. The molecule has 0 spiro atoms. The first-order chi connectivity index (χ1) is 11.1. The second-order valence-corrected chi connectivity index (χ2v) is 6.98. The summed E-state index contributed by atoms with van der Waals surface area (Å²) in [7, 11) is 2.01. The molecule has 1 aliphatic heterocycles. The lowest BCUT2D eigenvalue weighted by molar-refractivity contribution is -0.133. The zero-order valence-corrected chi connectivity index (χ0v) is 14.7. The van der Waals surface area contributed by atoms with E-state index < -0.39 is 0 Å². The molecule has 124 valence electrons. The van der Waals surface area contributed by atoms with E-state index >= 15 is 0 Å². The minimum Gasteiger partial charge on any atom is -0.339 e. The SMILES string of the molecule is CCN1CCN(C(=O)Cc2csc(C)n2)CC1c1nccn1C. The van der Waals surface area contributed by atoms with Gasteiger partial charge in [-0.2, -0.15) is 0 Å². The van der Waals surface area contributed by atoms with Crippen molar-refractivity contribution < 1.29 is 4.79 Å². The molecule has 0 bridgehead atoms. The number of carbonyl (C=O) groups excluding carboxylic acids is 1. The Balaban J connectivity index is 1.72. The molecule has 3 heterocycles. The largest absolute Gasteiger partial charge is 0.339 e. The van der Waals surface area contributed by atoms with Gasteiger partial charge in [-0.1, -0.05) is 6.92 Å². The molecule has 1 fully saturated rings. The summed E-state index contributed by atoms with van der Waals surface area (Å²) >= 11 is 1.59. The highest BCUT2D eigenvalue weighted by molar-refractivity contribution is 7.09. The van der Waals surface area contributed by atoms with Crippen molar-refractivity contribution >= 4 is 17.2 Å². The Morgan fingerprint density at radius 2 is 2.26 bits per heavy atom. The molecule has 2 aromatic rings. The number of rotatable bonds is 4. The van der Waals surface area contributed by atoms with Crippen LogP contribution in [0.2, 0.25) is 0 Å². The van der Waals surface area contributed by atoms with E-state index in [4.69, 9.17) is 0 Å². The number of hydrogen-bond donors (Lipinski definition) is 0. The maximum Gasteiger partial charge on any atom is 0.228 e. The van der Waals surface area contributed by atoms with Gasteiger partial charge in [-0.15, -0.1) is 11.3 Å². The van der Waals surface area contributed by atoms with E-state index in [9.17, 15) is 4.79 Å². The fraction of sp³-hybridized carbons (Fsp3) is 0.562. The average molecular weight is 333 g/mol. The van der Waals surface area contributed by atoms with Crippen molar-refractivity contribution in [2.45, 2.75) is 26.3 Å². The third kappa shape index (κ3) is 3.45. The van der Waals surface area contributed by atoms with Gasteiger partial charge in [-0.25, -0.2) is 9.97 Å². The first-order valence-electron chi connectivity index (χ1n) is 7.98. The van der Waals surface area contributed by atoms with Crippen molar-refractivity contribution in [2.75, 3.05) is 26.2 Å². The van der Waals surface area contributed by atoms with Crippen LogP contribution < -0.4 is 0 Å². The van der Waals surface area contributed by atoms with E-state index in [1.807, 2.05) is 41.2 Å². The van der Waals surface area contributed by atoms with Crippen LogP contribution in [0.3, 0.4) is 0 Å². The van der Waals surface area contributed by atoms with Crippen LogP contribution in [0.1, 0.15) is 29.5 Å². The van der Waals surface area contributed by atoms with Gasteiger partial charge in [0.25, 0.3) is 0 Å². The van der Waals surface area contributed by atoms with Crippen LogP contribution in [-0.4, -0.2) is 56.4 Å². The molecule has 23 heavy (non-hydrogen) atoms. The third-order valence-electron chi connectivity index (χ3n) is 4.41. The van der Waals surface area contributed by atoms with Crippen LogP contribution in [0.4, 0.5) is 0 Å². The highest BCUT2D eigenvalue weighted by Gasteiger charge is 2.32. The Hall–Kier alpha value is -1.73. The highest BCUT2D eigenvalue weighted by atomic mass is 32.1. The minimum atomic E-state index is 0.158. The smallest absolute Gasteiger partial charge is 0.228 e. The van der Waals surface area contributed by atoms with Gasteiger partial charge in [0, 0.05) is 44.5 Å². The van der Waals surface area contributed by atoms with Crippen LogP contribution in [0.25, 0.3) is 0 Å². The molecule has 1 aliphatic rings. The summed E-state index contributed by atoms with van der Waals surface area (Å²) in [5, 5.41) is 2.99. The van der Waals surface area contributed by atoms with E-state index in [0.717, 1.165) is 36.2 Å². The Morgan fingerprint density at radius 3 is 2.87 bits per heavy atom. The van der Waals surface area contributed by atoms with Crippen molar-refractivity contribution in [3.05, 3.63) is 34.3 Å². The number of likely N-dealkylation sites (N-methyl/N-ethyl adjacent to an activating group) is 1. The molecule has 1 amide bonds. The Kier molecular flexibility index (Phi) is 4.77. The number of amides is 1. The maximum absolute atomic E-state index is 12.6. The zero-order valence-electron chi connectivity index (χ0n) is 13.9. The zero-order chi connectivity index (χ0) is 16.4. The van der Waals surface area contributed by atoms with Gasteiger partial charge in [0.15, 0.2) is 0 Å². The van der Waals surface area contributed by atoms with Crippen LogP contribution in [0.15, 0.2) is 17.8 Å². The number of piperazine rings is 1. The van der Waals surface area contributed by atoms with Gasteiger partial charge in [-0.05, 0) is 13.5 Å². The maximum atomic E-state index is 12.6. The number of hydrogen-bond acceptors (Lipinski definition) is 5. The molecule has 0 aliphatic carbocycles. The molecule has 0 N–H and O–H groups in total. The summed E-state index contributed by atoms with van der Waals surface area (Å²) in [5.74, 6) is 1.18. The number of aromatic nitrogens is 3. The van der Waals surface area contributed by atoms with Crippen molar-refractivity contribution in [1.82, 2.24) is 24.3 Å². The van der Waals surface area contributed by atoms with Crippen LogP contribution in [0, 0.1) is 6.92 Å². The lowest BCUT2D eigenvalue weighted by Gasteiger charge is -2.40. The number of nitrogens with zero attached hydrogens (tertiary/aromatic N) is 5. The predicted molar refractivity (Wildman–Crippen MR) is 90.3 cm³/mol. The van der Waals surface area contributed by atoms with Crippen molar-refractivity contribution in [1.29, 1.82) is 0 Å². The van der Waals surface area contributed by atoms with Gasteiger partial charge in [0.1, 0.15) is 5.82 Å². The molecule has 3 rings (SSSR count). The molecular formula is C16H23N5OS. The van der Waals surface area contributed by atoms with Gasteiger partial charge in [0.2, 0.25) is 5.91 Å². The van der Waals surface area contributed by atoms with E-state index in [0.29, 0.717) is 13.0 Å². The quantitative estimate of drug-likeness (QED) is 0.853. The predicted octanol–water partition coefficient (Wildman–Crippen LogP) is 1.63. The minimum absolute atomic E-state index is 0.158. The Bertz CT molecular complexity index is 680. The topological polar surface area (TPSA) is 54.3 Å². The molecule has 0 aromatic carbocycles. The van der Waals surface area contributed by atoms with Crippen LogP contribution >= 0.6 is 11.3 Å². The van der Waals surface area contributed by atoms with Crippen LogP contribution in [0.5, 0.6) is 0 Å². The fourth-order valence-electron chi connectivity index (χ4n) is 3.12. The van der Waals surface area contributed by atoms with Crippen molar-refractivity contribution in [3.63, 3.8) is 0 Å². The van der Waals surface area contributed by atoms with E-state index in [-0.39, 0.29) is 11.9 Å². The van der Waals surface area contributed by atoms with Gasteiger partial charge < -0.3 is 9.47 Å². The normalized spacial score (nSPS) is 19.3. The monoisotopic (exact) mass is 333 g/mol. The number of imidazole rings is 1. The number of thiazole rings is 1. The molecule has 1 unspecified atom stereocenters. The summed E-state index contributed by atoms with van der Waals surface area (Å²) in [6.07, 6.45) is 4.17. The average Bonchev–Trinajstić information content (AvgIpc) is 3.15. The van der Waals surface area contributed by atoms with E-state index in [1.54, 1.807) is 11.3 Å². The van der Waals surface area contributed by atoms with Crippen molar-refractivity contribution in [2.24, 2.45) is 7.05 Å². The summed E-state index contributed by atoms with van der Waals surface area (Å²) < 4.78 is 2.05. The number of carbonyl (C=O) groups is 1. The molecule has 1 atom stereocenters. The molecule has 2 aromatic heterocycles. The van der Waals surface area contributed by atoms with E-state index in [1.165, 1.54) is 0 Å². The molecule has 1 saturated heterocycles.